The Kier molecular flexibility index (Phi) is 11.0. The van der Waals surface area contributed by atoms with Crippen molar-refractivity contribution in [3.05, 3.63) is 0 Å². The highest BCUT2D eigenvalue weighted by molar-refractivity contribution is 7.46. The van der Waals surface area contributed by atoms with E-state index in [1.54, 1.807) is 0 Å². The molecule has 0 spiro atoms. The maximum atomic E-state index is 11.0. The minimum Gasteiger partial charge on any atom is -0.394 e. The average molecular weight is 584 g/mol. The maximum Gasteiger partial charge on any atom is 0.469 e. The van der Waals surface area contributed by atoms with E-state index in [-0.39, 0.29) is 0 Å². The van der Waals surface area contributed by atoms with Crippen LogP contribution in [0.3, 0.4) is 0 Å². The quantitative estimate of drug-likeness (QED) is 0.112. The van der Waals surface area contributed by atoms with E-state index in [4.69, 9.17) is 33.5 Å². The number of phosphoric ester groups is 1. The van der Waals surface area contributed by atoms with Gasteiger partial charge in [0.2, 0.25) is 0 Å². The molecular formula is C18H33O19P. The van der Waals surface area contributed by atoms with E-state index in [1.807, 2.05) is 0 Å². The number of hydrogen-bond acceptors (Lipinski definition) is 17. The number of rotatable bonds is 9. The summed E-state index contributed by atoms with van der Waals surface area (Å²) in [5, 5.41) is 100. The summed E-state index contributed by atoms with van der Waals surface area (Å²) in [5.41, 5.74) is 0. The summed E-state index contributed by atoms with van der Waals surface area (Å²) < 4.78 is 41.8. The molecule has 3 heterocycles. The monoisotopic (exact) mass is 584 g/mol. The fourth-order valence-electron chi connectivity index (χ4n) is 4.09. The topological polar surface area (TPSA) is 315 Å². The number of ether oxygens (including phenoxy) is 5. The lowest BCUT2D eigenvalue weighted by Gasteiger charge is -2.46. The smallest absolute Gasteiger partial charge is 0.394 e. The van der Waals surface area contributed by atoms with Crippen LogP contribution in [0.1, 0.15) is 0 Å². The molecule has 3 aliphatic rings. The van der Waals surface area contributed by atoms with Gasteiger partial charge in [0, 0.05) is 0 Å². The van der Waals surface area contributed by atoms with Crippen LogP contribution < -0.4 is 0 Å². The fraction of sp³-hybridized carbons (Fsp3) is 1.00. The Morgan fingerprint density at radius 3 is 1.71 bits per heavy atom. The van der Waals surface area contributed by atoms with Crippen molar-refractivity contribution < 1.29 is 93.6 Å². The Morgan fingerprint density at radius 1 is 0.605 bits per heavy atom. The van der Waals surface area contributed by atoms with Crippen molar-refractivity contribution in [2.75, 3.05) is 19.8 Å². The number of phosphoric acid groups is 1. The summed E-state index contributed by atoms with van der Waals surface area (Å²) in [6, 6.07) is 0. The van der Waals surface area contributed by atoms with Crippen LogP contribution in [0.25, 0.3) is 0 Å². The molecule has 3 fully saturated rings. The van der Waals surface area contributed by atoms with Crippen molar-refractivity contribution in [1.82, 2.24) is 0 Å². The summed E-state index contributed by atoms with van der Waals surface area (Å²) in [6.07, 6.45) is -26.9. The van der Waals surface area contributed by atoms with Gasteiger partial charge in [0.25, 0.3) is 0 Å². The van der Waals surface area contributed by atoms with Gasteiger partial charge < -0.3 is 84.5 Å². The highest BCUT2D eigenvalue weighted by atomic mass is 31.2. The van der Waals surface area contributed by atoms with Crippen molar-refractivity contribution in [2.45, 2.75) is 92.1 Å². The Labute approximate surface area is 214 Å². The highest BCUT2D eigenvalue weighted by Crippen LogP contribution is 2.37. The van der Waals surface area contributed by atoms with Crippen LogP contribution >= 0.6 is 7.82 Å². The first-order valence-corrected chi connectivity index (χ1v) is 12.9. The second-order valence-electron chi connectivity index (χ2n) is 8.98. The van der Waals surface area contributed by atoms with E-state index in [9.17, 15) is 55.6 Å². The van der Waals surface area contributed by atoms with Crippen molar-refractivity contribution in [1.29, 1.82) is 0 Å². The van der Waals surface area contributed by atoms with Gasteiger partial charge in [0.05, 0.1) is 19.8 Å². The standard InChI is InChI=1S/C18H33O19P/c19-1-4-7(20)12(25)15(18(35-4)32-2-5-8(21)10(23)13(26)16(28)34-5)37-17-14(27)11(24)9(22)6(36-17)3-33-38(29,30)31/h4-28H,1-3H2,(H2,29,30,31)/t4-,5-,6-,7-,8-,9-,10+,11+,12+,13+,14+,15+,16?,17-,18+/m1/s1. The maximum absolute atomic E-state index is 11.0. The van der Waals surface area contributed by atoms with Crippen LogP contribution in [0, 0.1) is 0 Å². The molecule has 3 saturated heterocycles. The third-order valence-corrected chi connectivity index (χ3v) is 6.79. The van der Waals surface area contributed by atoms with Gasteiger partial charge in [-0.1, -0.05) is 0 Å². The van der Waals surface area contributed by atoms with E-state index in [2.05, 4.69) is 4.52 Å². The Morgan fingerprint density at radius 2 is 1.13 bits per heavy atom. The molecule has 19 nitrogen and oxygen atoms in total. The lowest BCUT2D eigenvalue weighted by molar-refractivity contribution is -0.372. The van der Waals surface area contributed by atoms with Crippen molar-refractivity contribution in [2.24, 2.45) is 0 Å². The van der Waals surface area contributed by atoms with Gasteiger partial charge in [-0.25, -0.2) is 4.57 Å². The molecule has 0 saturated carbocycles. The fourth-order valence-corrected chi connectivity index (χ4v) is 4.43. The van der Waals surface area contributed by atoms with Crippen molar-refractivity contribution in [3.63, 3.8) is 0 Å². The molecule has 0 aromatic carbocycles. The SMILES string of the molecule is O=P(O)(O)OC[C@H]1O[C@H](O[C@@H]2[C@@H](OC[C@H]3OC(O)[C@@H](O)[C@@H](O)[C@@H]3O)O[C@H](CO)[C@@H](O)[C@@H]2O)[C@@H](O)[C@@H](O)[C@@H]1O. The van der Waals surface area contributed by atoms with Crippen LogP contribution in [0.4, 0.5) is 0 Å². The van der Waals surface area contributed by atoms with Crippen LogP contribution in [0.2, 0.25) is 0 Å². The summed E-state index contributed by atoms with van der Waals surface area (Å²) in [6.45, 7) is -2.45. The van der Waals surface area contributed by atoms with Crippen LogP contribution in [-0.2, 0) is 32.8 Å². The molecule has 0 bridgehead atoms. The van der Waals surface area contributed by atoms with Gasteiger partial charge in [-0.2, -0.15) is 0 Å². The molecule has 0 radical (unpaired) electrons. The predicted octanol–water partition coefficient (Wildman–Crippen LogP) is -7.46. The van der Waals surface area contributed by atoms with Crippen LogP contribution in [0.15, 0.2) is 0 Å². The Hall–Kier alpha value is -0.490. The minimum absolute atomic E-state index is 0.679. The zero-order valence-corrected chi connectivity index (χ0v) is 20.3. The predicted molar refractivity (Wildman–Crippen MR) is 112 cm³/mol. The van der Waals surface area contributed by atoms with Gasteiger partial charge in [-0.15, -0.1) is 0 Å². The molecule has 3 aliphatic heterocycles. The van der Waals surface area contributed by atoms with Crippen LogP contribution in [0.5, 0.6) is 0 Å². The molecule has 0 amide bonds. The van der Waals surface area contributed by atoms with Gasteiger partial charge in [-0.05, 0) is 0 Å². The first-order valence-electron chi connectivity index (χ1n) is 11.3. The second-order valence-corrected chi connectivity index (χ2v) is 10.2. The second kappa shape index (κ2) is 13.0. The molecule has 0 aromatic rings. The average Bonchev–Trinajstić information content (AvgIpc) is 2.86. The normalized spacial score (nSPS) is 48.7. The largest absolute Gasteiger partial charge is 0.469 e. The molecule has 20 heteroatoms. The third kappa shape index (κ3) is 7.22. The lowest BCUT2D eigenvalue weighted by Crippen LogP contribution is -2.65. The van der Waals surface area contributed by atoms with E-state index < -0.39 is 120 Å². The molecule has 224 valence electrons. The van der Waals surface area contributed by atoms with Gasteiger partial charge in [-0.3, -0.25) is 4.52 Å². The third-order valence-electron chi connectivity index (χ3n) is 6.30. The first kappa shape index (κ1) is 32.0. The summed E-state index contributed by atoms with van der Waals surface area (Å²) >= 11 is 0. The molecule has 3 rings (SSSR count). The molecule has 12 N–H and O–H groups in total. The molecule has 38 heavy (non-hydrogen) atoms. The zero-order valence-electron chi connectivity index (χ0n) is 19.5. The molecule has 1 unspecified atom stereocenters. The summed E-state index contributed by atoms with van der Waals surface area (Å²) in [7, 11) is -5.02. The Bertz CT molecular complexity index is 800. The summed E-state index contributed by atoms with van der Waals surface area (Å²) in [4.78, 5) is 17.8. The van der Waals surface area contributed by atoms with E-state index in [0.717, 1.165) is 0 Å². The zero-order chi connectivity index (χ0) is 28.5. The molecule has 15 atom stereocenters. The minimum atomic E-state index is -5.02. The molecule has 0 aromatic heterocycles. The van der Waals surface area contributed by atoms with Crippen molar-refractivity contribution >= 4 is 7.82 Å². The summed E-state index contributed by atoms with van der Waals surface area (Å²) in [5.74, 6) is 0. The number of hydrogen-bond donors (Lipinski definition) is 12. The van der Waals surface area contributed by atoms with Crippen molar-refractivity contribution in [3.8, 4) is 0 Å². The first-order chi connectivity index (χ1) is 17.7. The van der Waals surface area contributed by atoms with E-state index in [1.165, 1.54) is 0 Å². The van der Waals surface area contributed by atoms with E-state index in [0.29, 0.717) is 0 Å². The van der Waals surface area contributed by atoms with E-state index >= 15 is 0 Å². The molecule has 0 aliphatic carbocycles. The van der Waals surface area contributed by atoms with Gasteiger partial charge >= 0.3 is 7.82 Å². The van der Waals surface area contributed by atoms with Gasteiger partial charge in [0.1, 0.15) is 73.2 Å². The molecular weight excluding hydrogens is 551 g/mol. The highest BCUT2D eigenvalue weighted by Gasteiger charge is 2.52. The lowest BCUT2D eigenvalue weighted by atomic mass is 9.97. The number of aliphatic hydroxyl groups excluding tert-OH is 10. The number of aliphatic hydroxyl groups is 10. The van der Waals surface area contributed by atoms with Gasteiger partial charge in [0.15, 0.2) is 18.9 Å². The Balaban J connectivity index is 1.75. The van der Waals surface area contributed by atoms with Crippen LogP contribution in [-0.4, -0.2) is 173 Å².